The van der Waals surface area contributed by atoms with E-state index in [1.165, 1.54) is 19.1 Å². The number of rotatable bonds is 6. The van der Waals surface area contributed by atoms with Crippen LogP contribution in [0.5, 0.6) is 5.75 Å². The minimum atomic E-state index is -4.50. The number of sulfonamides is 1. The Hall–Kier alpha value is -2.61. The summed E-state index contributed by atoms with van der Waals surface area (Å²) in [5.41, 5.74) is -1.26. The van der Waals surface area contributed by atoms with Crippen LogP contribution in [0.25, 0.3) is 0 Å². The number of H-pyrrole nitrogens is 1. The van der Waals surface area contributed by atoms with Crippen molar-refractivity contribution in [2.45, 2.75) is 49.6 Å². The van der Waals surface area contributed by atoms with Crippen molar-refractivity contribution >= 4 is 26.0 Å². The number of aromatic amines is 1. The summed E-state index contributed by atoms with van der Waals surface area (Å²) in [5.74, 6) is -3.91. The van der Waals surface area contributed by atoms with Crippen LogP contribution in [-0.2, 0) is 15.6 Å². The number of benzene rings is 2. The second kappa shape index (κ2) is 9.12. The molecule has 0 radical (unpaired) electrons. The minimum absolute atomic E-state index is 0.0392. The van der Waals surface area contributed by atoms with E-state index in [1.807, 2.05) is 0 Å². The standard InChI is InChI=1S/C22H22BrF2N3O6S/c1-10-12(23)4-5-13(24)16(10)11(2)18(20-26-27-21(29)34-20)28-35(31,32)15-7-6-14(25)17-19(15)33-9-8-22(17,3)30/h4-7,11,18,28,30H,8-9H2,1-3H3,(H,27,29)/t11-,18+,22+/m1/s1. The Kier molecular flexibility index (Phi) is 6.64. The highest BCUT2D eigenvalue weighted by Crippen LogP contribution is 2.43. The fourth-order valence-corrected chi connectivity index (χ4v) is 6.00. The molecule has 13 heteroatoms. The molecule has 1 aliphatic rings. The van der Waals surface area contributed by atoms with Crippen molar-refractivity contribution in [3.05, 3.63) is 73.5 Å². The van der Waals surface area contributed by atoms with Crippen LogP contribution in [0.2, 0.25) is 0 Å². The van der Waals surface area contributed by atoms with Gasteiger partial charge in [0.1, 0.15) is 28.3 Å². The quantitative estimate of drug-likeness (QED) is 0.410. The second-order valence-corrected chi connectivity index (χ2v) is 11.1. The normalized spacial score (nSPS) is 19.6. The third-order valence-corrected chi connectivity index (χ3v) is 8.41. The van der Waals surface area contributed by atoms with Gasteiger partial charge in [0.2, 0.25) is 15.9 Å². The molecule has 35 heavy (non-hydrogen) atoms. The zero-order valence-electron chi connectivity index (χ0n) is 18.9. The lowest BCUT2D eigenvalue weighted by Crippen LogP contribution is -2.35. The molecule has 3 atom stereocenters. The molecule has 0 unspecified atom stereocenters. The lowest BCUT2D eigenvalue weighted by atomic mass is 9.90. The van der Waals surface area contributed by atoms with E-state index in [9.17, 15) is 27.1 Å². The van der Waals surface area contributed by atoms with Gasteiger partial charge in [-0.1, -0.05) is 22.9 Å². The summed E-state index contributed by atoms with van der Waals surface area (Å²) in [6.07, 6.45) is 0.0629. The molecular formula is C22H22BrF2N3O6S. The zero-order valence-corrected chi connectivity index (χ0v) is 21.3. The molecule has 0 fully saturated rings. The first-order chi connectivity index (χ1) is 16.3. The predicted molar refractivity (Wildman–Crippen MR) is 124 cm³/mol. The number of halogens is 3. The first-order valence-electron chi connectivity index (χ1n) is 10.5. The van der Waals surface area contributed by atoms with E-state index in [-0.39, 0.29) is 35.8 Å². The molecule has 3 N–H and O–H groups in total. The van der Waals surface area contributed by atoms with Gasteiger partial charge in [0.25, 0.3) is 0 Å². The van der Waals surface area contributed by atoms with Gasteiger partial charge in [-0.05, 0) is 49.2 Å². The van der Waals surface area contributed by atoms with Crippen LogP contribution >= 0.6 is 15.9 Å². The fraction of sp³-hybridized carbons (Fsp3) is 0.364. The number of ether oxygens (including phenoxy) is 1. The van der Waals surface area contributed by atoms with Gasteiger partial charge in [0.15, 0.2) is 0 Å². The van der Waals surface area contributed by atoms with E-state index in [0.717, 1.165) is 12.1 Å². The predicted octanol–water partition coefficient (Wildman–Crippen LogP) is 3.53. The summed E-state index contributed by atoms with van der Waals surface area (Å²) in [5, 5.41) is 16.5. The molecule has 1 aromatic heterocycles. The van der Waals surface area contributed by atoms with Gasteiger partial charge in [-0.2, -0.15) is 4.72 Å². The Morgan fingerprint density at radius 3 is 2.60 bits per heavy atom. The summed E-state index contributed by atoms with van der Waals surface area (Å²) in [7, 11) is -4.50. The first-order valence-corrected chi connectivity index (χ1v) is 12.8. The smallest absolute Gasteiger partial charge is 0.434 e. The highest BCUT2D eigenvalue weighted by molar-refractivity contribution is 9.10. The molecule has 0 bridgehead atoms. The monoisotopic (exact) mass is 573 g/mol. The first kappa shape index (κ1) is 25.5. The van der Waals surface area contributed by atoms with Crippen LogP contribution in [0, 0.1) is 18.6 Å². The lowest BCUT2D eigenvalue weighted by Gasteiger charge is -2.32. The number of hydrogen-bond donors (Lipinski definition) is 3. The summed E-state index contributed by atoms with van der Waals surface area (Å²) in [4.78, 5) is 11.2. The Labute approximate surface area is 207 Å². The Morgan fingerprint density at radius 1 is 1.26 bits per heavy atom. The summed E-state index contributed by atoms with van der Waals surface area (Å²) in [6.45, 7) is 4.52. The molecule has 0 saturated heterocycles. The van der Waals surface area contributed by atoms with Gasteiger partial charge >= 0.3 is 5.76 Å². The topological polar surface area (TPSA) is 135 Å². The highest BCUT2D eigenvalue weighted by atomic mass is 79.9. The SMILES string of the molecule is Cc1c(Br)ccc(F)c1[C@@H](C)[C@H](NS(=O)(=O)c1ccc(F)c2c1OCC[C@]2(C)O)c1n[nH]c(=O)o1. The van der Waals surface area contributed by atoms with Crippen molar-refractivity contribution in [1.29, 1.82) is 0 Å². The highest BCUT2D eigenvalue weighted by Gasteiger charge is 2.40. The zero-order chi connectivity index (χ0) is 25.7. The summed E-state index contributed by atoms with van der Waals surface area (Å²) < 4.78 is 70.0. The average molecular weight is 574 g/mol. The van der Waals surface area contributed by atoms with E-state index in [4.69, 9.17) is 9.15 Å². The van der Waals surface area contributed by atoms with E-state index in [2.05, 4.69) is 30.8 Å². The van der Waals surface area contributed by atoms with Crippen molar-refractivity contribution in [3.63, 3.8) is 0 Å². The molecular weight excluding hydrogens is 552 g/mol. The Balaban J connectivity index is 1.84. The lowest BCUT2D eigenvalue weighted by molar-refractivity contribution is 0.00964. The fourth-order valence-electron chi connectivity index (χ4n) is 4.24. The Morgan fingerprint density at radius 2 is 1.94 bits per heavy atom. The van der Waals surface area contributed by atoms with Crippen LogP contribution in [-0.4, -0.2) is 30.3 Å². The van der Waals surface area contributed by atoms with Crippen LogP contribution in [0.3, 0.4) is 0 Å². The van der Waals surface area contributed by atoms with Crippen LogP contribution in [0.4, 0.5) is 8.78 Å². The molecule has 3 aromatic rings. The second-order valence-electron chi connectivity index (χ2n) is 8.53. The molecule has 0 saturated carbocycles. The van der Waals surface area contributed by atoms with Crippen molar-refractivity contribution in [3.8, 4) is 5.75 Å². The third kappa shape index (κ3) is 4.65. The molecule has 4 rings (SSSR count). The van der Waals surface area contributed by atoms with Gasteiger partial charge in [0, 0.05) is 16.8 Å². The maximum absolute atomic E-state index is 14.9. The van der Waals surface area contributed by atoms with E-state index < -0.39 is 49.9 Å². The van der Waals surface area contributed by atoms with Crippen LogP contribution < -0.4 is 15.2 Å². The average Bonchev–Trinajstić information content (AvgIpc) is 3.20. The summed E-state index contributed by atoms with van der Waals surface area (Å²) >= 11 is 3.34. The number of fused-ring (bicyclic) bond motifs is 1. The van der Waals surface area contributed by atoms with Crippen molar-refractivity contribution in [2.75, 3.05) is 6.61 Å². The molecule has 2 heterocycles. The maximum atomic E-state index is 14.9. The molecule has 1 aliphatic heterocycles. The number of aliphatic hydroxyl groups is 1. The number of nitrogens with zero attached hydrogens (tertiary/aromatic N) is 1. The third-order valence-electron chi connectivity index (χ3n) is 6.09. The van der Waals surface area contributed by atoms with Crippen LogP contribution in [0.15, 0.2) is 42.8 Å². The van der Waals surface area contributed by atoms with Crippen molar-refractivity contribution in [1.82, 2.24) is 14.9 Å². The molecule has 0 aliphatic carbocycles. The number of aromatic nitrogens is 2. The van der Waals surface area contributed by atoms with Crippen molar-refractivity contribution < 1.29 is 31.5 Å². The molecule has 0 amide bonds. The number of nitrogens with one attached hydrogen (secondary N) is 2. The van der Waals surface area contributed by atoms with E-state index >= 15 is 0 Å². The van der Waals surface area contributed by atoms with Gasteiger partial charge in [-0.15, -0.1) is 5.10 Å². The van der Waals surface area contributed by atoms with Crippen LogP contribution in [0.1, 0.15) is 54.8 Å². The maximum Gasteiger partial charge on any atom is 0.434 e. The Bertz CT molecular complexity index is 1450. The van der Waals surface area contributed by atoms with Crippen molar-refractivity contribution in [2.24, 2.45) is 0 Å². The summed E-state index contributed by atoms with van der Waals surface area (Å²) in [6, 6.07) is 3.32. The van der Waals surface area contributed by atoms with Gasteiger partial charge in [-0.3, -0.25) is 0 Å². The molecule has 9 nitrogen and oxygen atoms in total. The van der Waals surface area contributed by atoms with Gasteiger partial charge in [-0.25, -0.2) is 27.1 Å². The van der Waals surface area contributed by atoms with Gasteiger partial charge < -0.3 is 14.3 Å². The molecule has 188 valence electrons. The van der Waals surface area contributed by atoms with E-state index in [0.29, 0.717) is 10.0 Å². The molecule has 0 spiro atoms. The largest absolute Gasteiger partial charge is 0.492 e. The van der Waals surface area contributed by atoms with E-state index in [1.54, 1.807) is 13.8 Å². The molecule has 2 aromatic carbocycles. The number of hydrogen-bond acceptors (Lipinski definition) is 7. The minimum Gasteiger partial charge on any atom is -0.492 e. The van der Waals surface area contributed by atoms with Gasteiger partial charge in [0.05, 0.1) is 17.8 Å².